The lowest BCUT2D eigenvalue weighted by Gasteiger charge is -2.08. The van der Waals surface area contributed by atoms with E-state index in [9.17, 15) is 4.79 Å². The van der Waals surface area contributed by atoms with Gasteiger partial charge in [-0.05, 0) is 41.4 Å². The van der Waals surface area contributed by atoms with Crippen molar-refractivity contribution in [3.05, 3.63) is 26.6 Å². The van der Waals surface area contributed by atoms with E-state index in [-0.39, 0.29) is 5.56 Å². The Bertz CT molecular complexity index is 371. The van der Waals surface area contributed by atoms with E-state index in [0.29, 0.717) is 10.5 Å². The van der Waals surface area contributed by atoms with Crippen molar-refractivity contribution in [3.8, 4) is 0 Å². The molecule has 1 aromatic rings. The second kappa shape index (κ2) is 4.23. The summed E-state index contributed by atoms with van der Waals surface area (Å²) in [5.41, 5.74) is 0.754. The van der Waals surface area contributed by atoms with Gasteiger partial charge in [0, 0.05) is 12.5 Å². The standard InChI is InChI=1S/C9H12BrN3O/c10-8-5-7(12-13-9(8)14)4-6-2-1-3-11-6/h5-6,11H,1-4H2,(H,13,14). The Morgan fingerprint density at radius 3 is 3.14 bits per heavy atom. The van der Waals surface area contributed by atoms with Gasteiger partial charge in [0.15, 0.2) is 0 Å². The predicted octanol–water partition coefficient (Wildman–Crippen LogP) is 0.827. The number of aromatic nitrogens is 2. The van der Waals surface area contributed by atoms with Crippen molar-refractivity contribution in [3.63, 3.8) is 0 Å². The maximum atomic E-state index is 11.0. The van der Waals surface area contributed by atoms with Gasteiger partial charge in [-0.2, -0.15) is 5.10 Å². The highest BCUT2D eigenvalue weighted by Crippen LogP contribution is 2.11. The molecule has 2 heterocycles. The van der Waals surface area contributed by atoms with E-state index in [2.05, 4.69) is 31.4 Å². The fourth-order valence-corrected chi connectivity index (χ4v) is 2.06. The number of hydrogen-bond acceptors (Lipinski definition) is 3. The molecule has 1 atom stereocenters. The summed E-state index contributed by atoms with van der Waals surface area (Å²) < 4.78 is 0.556. The van der Waals surface area contributed by atoms with Gasteiger partial charge in [-0.1, -0.05) is 0 Å². The fraction of sp³-hybridized carbons (Fsp3) is 0.556. The number of hydrogen-bond donors (Lipinski definition) is 2. The number of nitrogens with one attached hydrogen (secondary N) is 2. The van der Waals surface area contributed by atoms with Gasteiger partial charge in [0.25, 0.3) is 5.56 Å². The molecule has 1 aromatic heterocycles. The number of rotatable bonds is 2. The minimum atomic E-state index is -0.173. The van der Waals surface area contributed by atoms with Crippen molar-refractivity contribution in [1.82, 2.24) is 15.5 Å². The molecule has 0 bridgehead atoms. The normalized spacial score (nSPS) is 21.4. The highest BCUT2D eigenvalue weighted by molar-refractivity contribution is 9.10. The Labute approximate surface area is 90.2 Å². The summed E-state index contributed by atoms with van der Waals surface area (Å²) >= 11 is 3.19. The topological polar surface area (TPSA) is 57.8 Å². The first kappa shape index (κ1) is 9.86. The first-order valence-electron chi connectivity index (χ1n) is 4.73. The SMILES string of the molecule is O=c1[nH]nc(CC2CCCN2)cc1Br. The molecule has 14 heavy (non-hydrogen) atoms. The zero-order valence-corrected chi connectivity index (χ0v) is 9.30. The number of aromatic amines is 1. The van der Waals surface area contributed by atoms with Crippen LogP contribution in [0.25, 0.3) is 0 Å². The van der Waals surface area contributed by atoms with Gasteiger partial charge in [0.2, 0.25) is 0 Å². The van der Waals surface area contributed by atoms with Gasteiger partial charge >= 0.3 is 0 Å². The molecule has 0 spiro atoms. The Balaban J connectivity index is 2.09. The number of halogens is 1. The second-order valence-corrected chi connectivity index (χ2v) is 4.39. The van der Waals surface area contributed by atoms with Gasteiger partial charge in [0.05, 0.1) is 10.2 Å². The molecule has 2 N–H and O–H groups in total. The molecular formula is C9H12BrN3O. The summed E-state index contributed by atoms with van der Waals surface area (Å²) in [4.78, 5) is 11.0. The van der Waals surface area contributed by atoms with E-state index in [1.165, 1.54) is 12.8 Å². The van der Waals surface area contributed by atoms with Crippen LogP contribution in [-0.4, -0.2) is 22.8 Å². The molecule has 4 nitrogen and oxygen atoms in total. The smallest absolute Gasteiger partial charge is 0.278 e. The summed E-state index contributed by atoms with van der Waals surface area (Å²) in [5, 5.41) is 9.85. The summed E-state index contributed by atoms with van der Waals surface area (Å²) in [6.07, 6.45) is 3.31. The van der Waals surface area contributed by atoms with Gasteiger partial charge < -0.3 is 5.32 Å². The molecule has 76 valence electrons. The van der Waals surface area contributed by atoms with Crippen molar-refractivity contribution in [1.29, 1.82) is 0 Å². The molecule has 0 saturated carbocycles. The third-order valence-corrected chi connectivity index (χ3v) is 3.02. The molecule has 1 saturated heterocycles. The van der Waals surface area contributed by atoms with E-state index in [1.807, 2.05) is 0 Å². The van der Waals surface area contributed by atoms with Crippen LogP contribution >= 0.6 is 15.9 Å². The van der Waals surface area contributed by atoms with Crippen LogP contribution in [0.15, 0.2) is 15.3 Å². The van der Waals surface area contributed by atoms with Gasteiger partial charge in [-0.3, -0.25) is 4.79 Å². The Kier molecular flexibility index (Phi) is 2.98. The first-order valence-corrected chi connectivity index (χ1v) is 5.52. The van der Waals surface area contributed by atoms with Crippen LogP contribution in [0, 0.1) is 0 Å². The van der Waals surface area contributed by atoms with Crippen LogP contribution in [-0.2, 0) is 6.42 Å². The summed E-state index contributed by atoms with van der Waals surface area (Å²) in [5.74, 6) is 0. The molecule has 0 amide bonds. The molecule has 1 unspecified atom stereocenters. The number of H-pyrrole nitrogens is 1. The van der Waals surface area contributed by atoms with Crippen molar-refractivity contribution in [2.45, 2.75) is 25.3 Å². The van der Waals surface area contributed by atoms with Crippen LogP contribution in [0.1, 0.15) is 18.5 Å². The lowest BCUT2D eigenvalue weighted by atomic mass is 10.1. The largest absolute Gasteiger partial charge is 0.314 e. The van der Waals surface area contributed by atoms with Gasteiger partial charge in [0.1, 0.15) is 0 Å². The predicted molar refractivity (Wildman–Crippen MR) is 57.3 cm³/mol. The zero-order chi connectivity index (χ0) is 9.97. The molecule has 5 heteroatoms. The lowest BCUT2D eigenvalue weighted by molar-refractivity contribution is 0.589. The summed E-state index contributed by atoms with van der Waals surface area (Å²) in [7, 11) is 0. The molecule has 1 aliphatic rings. The van der Waals surface area contributed by atoms with E-state index in [1.54, 1.807) is 6.07 Å². The molecule has 0 radical (unpaired) electrons. The quantitative estimate of drug-likeness (QED) is 0.826. The van der Waals surface area contributed by atoms with Crippen LogP contribution < -0.4 is 10.9 Å². The highest BCUT2D eigenvalue weighted by atomic mass is 79.9. The van der Waals surface area contributed by atoms with Crippen molar-refractivity contribution in [2.75, 3.05) is 6.54 Å². The minimum absolute atomic E-state index is 0.173. The van der Waals surface area contributed by atoms with E-state index in [0.717, 1.165) is 18.7 Å². The third kappa shape index (κ3) is 2.22. The maximum Gasteiger partial charge on any atom is 0.278 e. The minimum Gasteiger partial charge on any atom is -0.314 e. The van der Waals surface area contributed by atoms with Crippen molar-refractivity contribution < 1.29 is 0 Å². The first-order chi connectivity index (χ1) is 6.75. The van der Waals surface area contributed by atoms with E-state index >= 15 is 0 Å². The molecular weight excluding hydrogens is 246 g/mol. The number of nitrogens with zero attached hydrogens (tertiary/aromatic N) is 1. The molecule has 0 aliphatic carbocycles. The molecule has 0 aromatic carbocycles. The van der Waals surface area contributed by atoms with Crippen LogP contribution in [0.3, 0.4) is 0 Å². The third-order valence-electron chi connectivity index (χ3n) is 2.43. The molecule has 1 aliphatic heterocycles. The average Bonchev–Trinajstić information content (AvgIpc) is 2.64. The fourth-order valence-electron chi connectivity index (χ4n) is 1.71. The van der Waals surface area contributed by atoms with Gasteiger partial charge in [-0.15, -0.1) is 0 Å². The van der Waals surface area contributed by atoms with Crippen LogP contribution in [0.4, 0.5) is 0 Å². The lowest BCUT2D eigenvalue weighted by Crippen LogP contribution is -2.25. The second-order valence-electron chi connectivity index (χ2n) is 3.53. The molecule has 1 fully saturated rings. The summed E-state index contributed by atoms with van der Waals surface area (Å²) in [6.45, 7) is 1.09. The Morgan fingerprint density at radius 2 is 2.50 bits per heavy atom. The Morgan fingerprint density at radius 1 is 1.64 bits per heavy atom. The van der Waals surface area contributed by atoms with Crippen LogP contribution in [0.2, 0.25) is 0 Å². The van der Waals surface area contributed by atoms with Crippen molar-refractivity contribution >= 4 is 15.9 Å². The van der Waals surface area contributed by atoms with E-state index in [4.69, 9.17) is 0 Å². The van der Waals surface area contributed by atoms with Crippen molar-refractivity contribution in [2.24, 2.45) is 0 Å². The van der Waals surface area contributed by atoms with E-state index < -0.39 is 0 Å². The maximum absolute atomic E-state index is 11.0. The van der Waals surface area contributed by atoms with Crippen LogP contribution in [0.5, 0.6) is 0 Å². The van der Waals surface area contributed by atoms with Gasteiger partial charge in [-0.25, -0.2) is 5.10 Å². The average molecular weight is 258 g/mol. The monoisotopic (exact) mass is 257 g/mol. The molecule has 2 rings (SSSR count). The zero-order valence-electron chi connectivity index (χ0n) is 7.72. The summed E-state index contributed by atoms with van der Waals surface area (Å²) in [6, 6.07) is 2.30. The Hall–Kier alpha value is -0.680. The highest BCUT2D eigenvalue weighted by Gasteiger charge is 2.15.